The maximum absolute atomic E-state index is 14.5. The Kier molecular flexibility index (Phi) is 12.2. The Morgan fingerprint density at radius 1 is 0.833 bits per heavy atom. The Morgan fingerprint density at radius 3 is 2.00 bits per heavy atom. The first kappa shape index (κ1) is 36.8. The van der Waals surface area contributed by atoms with Crippen molar-refractivity contribution in [3.05, 3.63) is 130 Å². The van der Waals surface area contributed by atoms with Crippen LogP contribution in [0.2, 0.25) is 10.0 Å². The van der Waals surface area contributed by atoms with Gasteiger partial charge in [-0.3, -0.25) is 13.9 Å². The van der Waals surface area contributed by atoms with Crippen LogP contribution in [0.25, 0.3) is 0 Å². The third kappa shape index (κ3) is 9.30. The van der Waals surface area contributed by atoms with E-state index < -0.39 is 46.2 Å². The summed E-state index contributed by atoms with van der Waals surface area (Å²) in [4.78, 5) is 29.3. The van der Waals surface area contributed by atoms with Crippen LogP contribution in [0.15, 0.2) is 108 Å². The Labute approximate surface area is 288 Å². The summed E-state index contributed by atoms with van der Waals surface area (Å²) >= 11 is 13.0. The maximum atomic E-state index is 14.5. The summed E-state index contributed by atoms with van der Waals surface area (Å²) in [5.41, 5.74) is -0.477. The summed E-state index contributed by atoms with van der Waals surface area (Å²) in [6.07, 6.45) is -4.75. The number of hydrogen-bond acceptors (Lipinski definition) is 4. The molecule has 4 aromatic rings. The second-order valence-corrected chi connectivity index (χ2v) is 14.1. The molecule has 0 saturated carbocycles. The molecular weight excluding hydrogens is 686 g/mol. The summed E-state index contributed by atoms with van der Waals surface area (Å²) in [6.45, 7) is 2.85. The zero-order valence-corrected chi connectivity index (χ0v) is 28.5. The highest BCUT2D eigenvalue weighted by Crippen LogP contribution is 2.34. The van der Waals surface area contributed by atoms with E-state index in [1.54, 1.807) is 54.6 Å². The lowest BCUT2D eigenvalue weighted by atomic mass is 10.0. The van der Waals surface area contributed by atoms with Gasteiger partial charge < -0.3 is 10.2 Å². The average molecular weight is 721 g/mol. The molecule has 0 aliphatic carbocycles. The van der Waals surface area contributed by atoms with E-state index in [-0.39, 0.29) is 46.1 Å². The van der Waals surface area contributed by atoms with E-state index in [9.17, 15) is 31.2 Å². The zero-order chi connectivity index (χ0) is 35.1. The monoisotopic (exact) mass is 719 g/mol. The fourth-order valence-electron chi connectivity index (χ4n) is 4.92. The Morgan fingerprint density at radius 2 is 1.42 bits per heavy atom. The van der Waals surface area contributed by atoms with Crippen molar-refractivity contribution in [3.63, 3.8) is 0 Å². The molecule has 0 aliphatic heterocycles. The lowest BCUT2D eigenvalue weighted by molar-refractivity contribution is -0.140. The number of benzene rings is 4. The standard InChI is InChI=1S/C35H34Cl2F3N3O4S/c1-24(2)21-41-34(45)32(19-25-11-5-3-6-12-25)42(22-29-30(36)17-10-18-31(29)37)33(44)23-43(48(46,47)28-15-7-4-8-16-28)27-14-9-13-26(20-27)35(38,39)40/h3-18,20,24,32H,19,21-23H2,1-2H3,(H,41,45)/t32-/m1/s1. The normalized spacial score (nSPS) is 12.4. The van der Waals surface area contributed by atoms with Crippen LogP contribution in [0.3, 0.4) is 0 Å². The van der Waals surface area contributed by atoms with Gasteiger partial charge in [-0.2, -0.15) is 13.2 Å². The number of nitrogens with zero attached hydrogens (tertiary/aromatic N) is 2. The predicted octanol–water partition coefficient (Wildman–Crippen LogP) is 7.62. The Balaban J connectivity index is 1.86. The summed E-state index contributed by atoms with van der Waals surface area (Å²) in [7, 11) is -4.59. The van der Waals surface area contributed by atoms with Crippen LogP contribution in [0, 0.1) is 5.92 Å². The van der Waals surface area contributed by atoms with Crippen LogP contribution >= 0.6 is 23.2 Å². The molecule has 7 nitrogen and oxygen atoms in total. The number of amides is 2. The van der Waals surface area contributed by atoms with Gasteiger partial charge in [-0.25, -0.2) is 8.42 Å². The fourth-order valence-corrected chi connectivity index (χ4v) is 6.86. The first-order valence-corrected chi connectivity index (χ1v) is 17.2. The van der Waals surface area contributed by atoms with Crippen LogP contribution in [0.1, 0.15) is 30.5 Å². The average Bonchev–Trinajstić information content (AvgIpc) is 3.05. The molecule has 48 heavy (non-hydrogen) atoms. The molecule has 13 heteroatoms. The predicted molar refractivity (Wildman–Crippen MR) is 181 cm³/mol. The van der Waals surface area contributed by atoms with Crippen LogP contribution in [-0.2, 0) is 38.8 Å². The molecule has 1 atom stereocenters. The summed E-state index contributed by atoms with van der Waals surface area (Å²) < 4.78 is 70.0. The molecule has 0 fully saturated rings. The number of carbonyl (C=O) groups excluding carboxylic acids is 2. The quantitative estimate of drug-likeness (QED) is 0.154. The van der Waals surface area contributed by atoms with Crippen molar-refractivity contribution in [3.8, 4) is 0 Å². The molecule has 0 heterocycles. The van der Waals surface area contributed by atoms with E-state index in [1.807, 2.05) is 13.8 Å². The van der Waals surface area contributed by atoms with E-state index >= 15 is 0 Å². The minimum Gasteiger partial charge on any atom is -0.354 e. The van der Waals surface area contributed by atoms with E-state index in [2.05, 4.69) is 5.32 Å². The summed E-state index contributed by atoms with van der Waals surface area (Å²) in [5.74, 6) is -1.31. The number of halogens is 5. The Bertz CT molecular complexity index is 1810. The number of carbonyl (C=O) groups is 2. The van der Waals surface area contributed by atoms with Gasteiger partial charge in [-0.1, -0.05) is 97.7 Å². The van der Waals surface area contributed by atoms with Gasteiger partial charge in [0, 0.05) is 35.1 Å². The highest BCUT2D eigenvalue weighted by molar-refractivity contribution is 7.92. The number of rotatable bonds is 13. The highest BCUT2D eigenvalue weighted by Gasteiger charge is 2.37. The Hall–Kier alpha value is -4.06. The van der Waals surface area contributed by atoms with Gasteiger partial charge in [0.15, 0.2) is 0 Å². The number of anilines is 1. The molecule has 0 aromatic heterocycles. The lowest BCUT2D eigenvalue weighted by Gasteiger charge is -2.34. The van der Waals surface area contributed by atoms with Crippen LogP contribution in [-0.4, -0.2) is 44.3 Å². The maximum Gasteiger partial charge on any atom is 0.416 e. The van der Waals surface area contributed by atoms with Gasteiger partial charge in [-0.05, 0) is 53.9 Å². The molecule has 4 aromatic carbocycles. The number of sulfonamides is 1. The van der Waals surface area contributed by atoms with Crippen molar-refractivity contribution < 1.29 is 31.2 Å². The SMILES string of the molecule is CC(C)CNC(=O)[C@@H](Cc1ccccc1)N(Cc1c(Cl)cccc1Cl)C(=O)CN(c1cccc(C(F)(F)F)c1)S(=O)(=O)c1ccccc1. The molecule has 0 saturated heterocycles. The van der Waals surface area contributed by atoms with Gasteiger partial charge >= 0.3 is 6.18 Å². The van der Waals surface area contributed by atoms with Gasteiger partial charge in [0.1, 0.15) is 12.6 Å². The number of alkyl halides is 3. The van der Waals surface area contributed by atoms with Crippen molar-refractivity contribution in [2.75, 3.05) is 17.4 Å². The fraction of sp³-hybridized carbons (Fsp3) is 0.257. The van der Waals surface area contributed by atoms with Crippen molar-refractivity contribution in [2.24, 2.45) is 5.92 Å². The minimum atomic E-state index is -4.79. The van der Waals surface area contributed by atoms with E-state index in [1.165, 1.54) is 35.2 Å². The van der Waals surface area contributed by atoms with Crippen molar-refractivity contribution >= 4 is 50.7 Å². The molecule has 2 amide bonds. The molecule has 4 rings (SSSR count). The van der Waals surface area contributed by atoms with Crippen LogP contribution in [0.4, 0.5) is 18.9 Å². The smallest absolute Gasteiger partial charge is 0.354 e. The zero-order valence-electron chi connectivity index (χ0n) is 26.1. The molecule has 0 bridgehead atoms. The summed E-state index contributed by atoms with van der Waals surface area (Å²) in [6, 6.07) is 23.2. The van der Waals surface area contributed by atoms with E-state index in [4.69, 9.17) is 23.2 Å². The molecule has 0 unspecified atom stereocenters. The van der Waals surface area contributed by atoms with E-state index in [0.717, 1.165) is 12.1 Å². The largest absolute Gasteiger partial charge is 0.416 e. The molecule has 254 valence electrons. The number of hydrogen-bond donors (Lipinski definition) is 1. The third-order valence-corrected chi connectivity index (χ3v) is 9.91. The van der Waals surface area contributed by atoms with Gasteiger partial charge in [-0.15, -0.1) is 0 Å². The van der Waals surface area contributed by atoms with Crippen molar-refractivity contribution in [2.45, 2.75) is 43.9 Å². The van der Waals surface area contributed by atoms with Crippen molar-refractivity contribution in [1.29, 1.82) is 0 Å². The summed E-state index contributed by atoms with van der Waals surface area (Å²) in [5, 5.41) is 3.27. The van der Waals surface area contributed by atoms with Gasteiger partial charge in [0.25, 0.3) is 10.0 Å². The first-order chi connectivity index (χ1) is 22.7. The van der Waals surface area contributed by atoms with Gasteiger partial charge in [0.2, 0.25) is 11.8 Å². The first-order valence-electron chi connectivity index (χ1n) is 15.0. The molecule has 0 radical (unpaired) electrons. The number of nitrogens with one attached hydrogen (secondary N) is 1. The molecule has 0 aliphatic rings. The van der Waals surface area contributed by atoms with Crippen molar-refractivity contribution in [1.82, 2.24) is 10.2 Å². The van der Waals surface area contributed by atoms with E-state index in [0.29, 0.717) is 21.5 Å². The minimum absolute atomic E-state index is 0.0353. The molecule has 0 spiro atoms. The van der Waals surface area contributed by atoms with Gasteiger partial charge in [0.05, 0.1) is 16.1 Å². The second kappa shape index (κ2) is 15.9. The lowest BCUT2D eigenvalue weighted by Crippen LogP contribution is -2.53. The topological polar surface area (TPSA) is 86.8 Å². The second-order valence-electron chi connectivity index (χ2n) is 11.4. The highest BCUT2D eigenvalue weighted by atomic mass is 35.5. The molecular formula is C35H34Cl2F3N3O4S. The van der Waals surface area contributed by atoms with Crippen LogP contribution < -0.4 is 9.62 Å². The van der Waals surface area contributed by atoms with Crippen LogP contribution in [0.5, 0.6) is 0 Å². The molecule has 1 N–H and O–H groups in total. The third-order valence-electron chi connectivity index (χ3n) is 7.42.